The average molecular weight is 284 g/mol. The van der Waals surface area contributed by atoms with Crippen LogP contribution in [0.15, 0.2) is 29.2 Å². The first-order valence-corrected chi connectivity index (χ1v) is 8.25. The number of para-hydroxylation sites is 1. The van der Waals surface area contributed by atoms with Crippen LogP contribution in [0.25, 0.3) is 0 Å². The summed E-state index contributed by atoms with van der Waals surface area (Å²) in [5, 5.41) is 3.21. The summed E-state index contributed by atoms with van der Waals surface area (Å²) >= 11 is 0. The van der Waals surface area contributed by atoms with E-state index in [9.17, 15) is 8.42 Å². The zero-order chi connectivity index (χ0) is 14.0. The monoisotopic (exact) mass is 284 g/mol. The van der Waals surface area contributed by atoms with Crippen molar-refractivity contribution in [2.24, 2.45) is 5.73 Å². The third-order valence-corrected chi connectivity index (χ3v) is 4.51. The van der Waals surface area contributed by atoms with Crippen LogP contribution in [0.4, 0.5) is 5.69 Å². The average Bonchev–Trinajstić information content (AvgIpc) is 2.35. The number of benzene rings is 1. The number of nitrogens with one attached hydrogen (secondary N) is 1. The zero-order valence-corrected chi connectivity index (χ0v) is 12.0. The van der Waals surface area contributed by atoms with E-state index >= 15 is 0 Å². The summed E-state index contributed by atoms with van der Waals surface area (Å²) in [6.07, 6.45) is 2.05. The molecule has 1 aromatic rings. The second kappa shape index (κ2) is 5.48. The molecule has 3 N–H and O–H groups in total. The lowest BCUT2D eigenvalue weighted by Gasteiger charge is -2.43. The van der Waals surface area contributed by atoms with Crippen molar-refractivity contribution in [3.63, 3.8) is 0 Å². The topological polar surface area (TPSA) is 81.4 Å². The van der Waals surface area contributed by atoms with Crippen LogP contribution in [0, 0.1) is 0 Å². The van der Waals surface area contributed by atoms with Crippen LogP contribution in [-0.2, 0) is 14.6 Å². The van der Waals surface area contributed by atoms with Gasteiger partial charge in [0.1, 0.15) is 0 Å². The van der Waals surface area contributed by atoms with E-state index in [0.29, 0.717) is 17.2 Å². The molecule has 0 amide bonds. The van der Waals surface area contributed by atoms with Crippen molar-refractivity contribution < 1.29 is 13.2 Å². The lowest BCUT2D eigenvalue weighted by molar-refractivity contribution is -0.0126. The minimum absolute atomic E-state index is 0.0100. The van der Waals surface area contributed by atoms with Crippen LogP contribution < -0.4 is 11.1 Å². The van der Waals surface area contributed by atoms with Crippen molar-refractivity contribution in [2.75, 3.05) is 18.2 Å². The SMILES string of the molecule is CCOC1CC(N)C1Nc1ccccc1S(C)(=O)=O. The van der Waals surface area contributed by atoms with E-state index in [4.69, 9.17) is 10.5 Å². The van der Waals surface area contributed by atoms with Crippen molar-refractivity contribution in [2.45, 2.75) is 36.4 Å². The number of hydrogen-bond acceptors (Lipinski definition) is 5. The highest BCUT2D eigenvalue weighted by molar-refractivity contribution is 7.90. The lowest BCUT2D eigenvalue weighted by Crippen LogP contribution is -2.60. The first-order valence-electron chi connectivity index (χ1n) is 6.36. The van der Waals surface area contributed by atoms with Gasteiger partial charge in [0.15, 0.2) is 9.84 Å². The Morgan fingerprint density at radius 2 is 2.11 bits per heavy atom. The maximum atomic E-state index is 11.7. The highest BCUT2D eigenvalue weighted by atomic mass is 32.2. The summed E-state index contributed by atoms with van der Waals surface area (Å²) in [4.78, 5) is 0.296. The molecule has 0 bridgehead atoms. The molecule has 106 valence electrons. The molecule has 0 spiro atoms. The van der Waals surface area contributed by atoms with Crippen LogP contribution in [-0.4, -0.2) is 39.5 Å². The Hall–Kier alpha value is -1.11. The zero-order valence-electron chi connectivity index (χ0n) is 11.2. The molecule has 1 fully saturated rings. The summed E-state index contributed by atoms with van der Waals surface area (Å²) in [6.45, 7) is 2.56. The Labute approximate surface area is 114 Å². The van der Waals surface area contributed by atoms with E-state index in [1.54, 1.807) is 24.3 Å². The third-order valence-electron chi connectivity index (χ3n) is 3.36. The first kappa shape index (κ1) is 14.3. The van der Waals surface area contributed by atoms with E-state index in [0.717, 1.165) is 6.42 Å². The quantitative estimate of drug-likeness (QED) is 0.843. The molecular weight excluding hydrogens is 264 g/mol. The first-order chi connectivity index (χ1) is 8.93. The van der Waals surface area contributed by atoms with Gasteiger partial charge in [-0.2, -0.15) is 0 Å². The molecule has 0 radical (unpaired) electrons. The van der Waals surface area contributed by atoms with E-state index in [1.165, 1.54) is 6.26 Å². The molecule has 1 aromatic carbocycles. The second-order valence-corrected chi connectivity index (χ2v) is 6.82. The lowest BCUT2D eigenvalue weighted by atomic mass is 9.83. The highest BCUT2D eigenvalue weighted by Crippen LogP contribution is 2.29. The van der Waals surface area contributed by atoms with Crippen molar-refractivity contribution in [3.8, 4) is 0 Å². The maximum Gasteiger partial charge on any atom is 0.177 e. The van der Waals surface area contributed by atoms with Gasteiger partial charge in [0.2, 0.25) is 0 Å². The van der Waals surface area contributed by atoms with Crippen molar-refractivity contribution >= 4 is 15.5 Å². The normalized spacial score (nSPS) is 26.8. The van der Waals surface area contributed by atoms with Gasteiger partial charge in [0, 0.05) is 18.9 Å². The van der Waals surface area contributed by atoms with Crippen LogP contribution in [0.1, 0.15) is 13.3 Å². The minimum Gasteiger partial charge on any atom is -0.377 e. The number of rotatable bonds is 5. The molecule has 3 atom stereocenters. The van der Waals surface area contributed by atoms with Gasteiger partial charge in [-0.1, -0.05) is 12.1 Å². The fourth-order valence-corrected chi connectivity index (χ4v) is 3.17. The summed E-state index contributed by atoms with van der Waals surface area (Å²) in [6, 6.07) is 6.81. The van der Waals surface area contributed by atoms with Crippen molar-refractivity contribution in [3.05, 3.63) is 24.3 Å². The summed E-state index contributed by atoms with van der Waals surface area (Å²) < 4.78 is 29.0. The number of sulfone groups is 1. The Balaban J connectivity index is 2.20. The Kier molecular flexibility index (Phi) is 4.13. The Bertz CT molecular complexity index is 543. The number of ether oxygens (including phenoxy) is 1. The molecule has 2 rings (SSSR count). The molecule has 0 aromatic heterocycles. The fourth-order valence-electron chi connectivity index (χ4n) is 2.32. The molecule has 1 aliphatic rings. The fraction of sp³-hybridized carbons (Fsp3) is 0.538. The molecule has 0 saturated heterocycles. The van der Waals surface area contributed by atoms with E-state index in [1.807, 2.05) is 6.92 Å². The maximum absolute atomic E-state index is 11.7. The van der Waals surface area contributed by atoms with Crippen LogP contribution in [0.2, 0.25) is 0 Å². The Morgan fingerprint density at radius 1 is 1.42 bits per heavy atom. The third kappa shape index (κ3) is 3.08. The highest BCUT2D eigenvalue weighted by Gasteiger charge is 2.39. The van der Waals surface area contributed by atoms with Gasteiger partial charge in [0.25, 0.3) is 0 Å². The predicted molar refractivity (Wildman–Crippen MR) is 75.0 cm³/mol. The van der Waals surface area contributed by atoms with Gasteiger partial charge in [-0.05, 0) is 25.5 Å². The molecule has 3 unspecified atom stereocenters. The van der Waals surface area contributed by atoms with E-state index in [-0.39, 0.29) is 18.2 Å². The van der Waals surface area contributed by atoms with Gasteiger partial charge in [-0.3, -0.25) is 0 Å². The summed E-state index contributed by atoms with van der Waals surface area (Å²) in [5.41, 5.74) is 6.55. The van der Waals surface area contributed by atoms with Crippen molar-refractivity contribution in [1.82, 2.24) is 0 Å². The predicted octanol–water partition coefficient (Wildman–Crippen LogP) is 1.01. The van der Waals surface area contributed by atoms with Gasteiger partial charge in [-0.25, -0.2) is 8.42 Å². The minimum atomic E-state index is -3.25. The van der Waals surface area contributed by atoms with Gasteiger partial charge >= 0.3 is 0 Å². The molecular formula is C13H20N2O3S. The van der Waals surface area contributed by atoms with E-state index in [2.05, 4.69) is 5.32 Å². The molecule has 6 heteroatoms. The van der Waals surface area contributed by atoms with Gasteiger partial charge in [0.05, 0.1) is 22.7 Å². The molecule has 19 heavy (non-hydrogen) atoms. The van der Waals surface area contributed by atoms with Gasteiger partial charge in [-0.15, -0.1) is 0 Å². The number of anilines is 1. The largest absolute Gasteiger partial charge is 0.377 e. The smallest absolute Gasteiger partial charge is 0.177 e. The summed E-state index contributed by atoms with van der Waals surface area (Å²) in [5.74, 6) is 0. The van der Waals surface area contributed by atoms with Crippen LogP contribution >= 0.6 is 0 Å². The molecule has 0 aliphatic heterocycles. The van der Waals surface area contributed by atoms with Crippen molar-refractivity contribution in [1.29, 1.82) is 0 Å². The molecule has 0 heterocycles. The molecule has 1 saturated carbocycles. The van der Waals surface area contributed by atoms with E-state index < -0.39 is 9.84 Å². The van der Waals surface area contributed by atoms with Crippen LogP contribution in [0.3, 0.4) is 0 Å². The second-order valence-electron chi connectivity index (χ2n) is 4.83. The molecule has 5 nitrogen and oxygen atoms in total. The number of hydrogen-bond donors (Lipinski definition) is 2. The number of nitrogens with two attached hydrogens (primary N) is 1. The molecule has 1 aliphatic carbocycles. The standard InChI is InChI=1S/C13H20N2O3S/c1-3-18-11-8-9(14)13(11)15-10-6-4-5-7-12(10)19(2,16)17/h4-7,9,11,13,15H,3,8,14H2,1-2H3. The van der Waals surface area contributed by atoms with Crippen LogP contribution in [0.5, 0.6) is 0 Å². The summed E-state index contributed by atoms with van der Waals surface area (Å²) in [7, 11) is -3.25. The van der Waals surface area contributed by atoms with Gasteiger partial charge < -0.3 is 15.8 Å². The Morgan fingerprint density at radius 3 is 2.68 bits per heavy atom.